The molecule has 0 aromatic heterocycles. The number of rotatable bonds is 6. The molecule has 0 aromatic rings. The fourth-order valence-electron chi connectivity index (χ4n) is 2.07. The lowest BCUT2D eigenvalue weighted by Crippen LogP contribution is -2.34. The predicted octanol–water partition coefficient (Wildman–Crippen LogP) is 3.66. The molecular weight excluding hydrogens is 253 g/mol. The fraction of sp³-hybridized carbons (Fsp3) is 0.917. The Bertz CT molecular complexity index is 334. The maximum Gasteiger partial charge on any atom is 0.476 e. The molecule has 0 heterocycles. The number of hydrogen-bond acceptors (Lipinski definition) is 5. The van der Waals surface area contributed by atoms with Gasteiger partial charge in [-0.3, -0.25) is 13.6 Å². The Labute approximate surface area is 109 Å². The lowest BCUT2D eigenvalue weighted by molar-refractivity contribution is 0.0161. The average molecular weight is 275 g/mol. The standard InChI is InChI=1S/C12H22NO4P/c1-4-15-18(14,16-5-2)17-12(10-13)8-6-11(3)7-9-12/h11H,4-9H2,1-3H3. The molecule has 0 amide bonds. The molecule has 0 aliphatic heterocycles. The second-order valence-electron chi connectivity index (χ2n) is 4.66. The van der Waals surface area contributed by atoms with Gasteiger partial charge < -0.3 is 0 Å². The van der Waals surface area contributed by atoms with E-state index in [0.29, 0.717) is 18.8 Å². The first-order valence-corrected chi connectivity index (χ1v) is 7.96. The molecule has 0 aromatic carbocycles. The van der Waals surface area contributed by atoms with Crippen molar-refractivity contribution in [2.75, 3.05) is 13.2 Å². The van der Waals surface area contributed by atoms with Gasteiger partial charge >= 0.3 is 7.82 Å². The van der Waals surface area contributed by atoms with Gasteiger partial charge in [-0.25, -0.2) is 4.57 Å². The van der Waals surface area contributed by atoms with Crippen molar-refractivity contribution in [2.24, 2.45) is 5.92 Å². The van der Waals surface area contributed by atoms with Crippen molar-refractivity contribution in [1.29, 1.82) is 5.26 Å². The van der Waals surface area contributed by atoms with Crippen LogP contribution >= 0.6 is 7.82 Å². The Hall–Kier alpha value is -0.400. The lowest BCUT2D eigenvalue weighted by atomic mass is 9.80. The van der Waals surface area contributed by atoms with Gasteiger partial charge in [-0.1, -0.05) is 6.92 Å². The zero-order chi connectivity index (χ0) is 13.6. The maximum atomic E-state index is 12.3. The molecule has 0 unspecified atom stereocenters. The summed E-state index contributed by atoms with van der Waals surface area (Å²) < 4.78 is 28.0. The number of nitriles is 1. The Balaban J connectivity index is 2.77. The van der Waals surface area contributed by atoms with E-state index >= 15 is 0 Å². The first-order chi connectivity index (χ1) is 8.49. The van der Waals surface area contributed by atoms with Crippen molar-refractivity contribution in [2.45, 2.75) is 52.1 Å². The van der Waals surface area contributed by atoms with Gasteiger partial charge in [0.1, 0.15) is 0 Å². The van der Waals surface area contributed by atoms with Gasteiger partial charge in [-0.05, 0) is 45.4 Å². The molecule has 0 atom stereocenters. The Morgan fingerprint density at radius 3 is 2.17 bits per heavy atom. The smallest absolute Gasteiger partial charge is 0.287 e. The molecule has 0 bridgehead atoms. The SMILES string of the molecule is CCOP(=O)(OCC)OC1(C#N)CCC(C)CC1. The third kappa shape index (κ3) is 4.07. The van der Waals surface area contributed by atoms with Crippen LogP contribution in [0.4, 0.5) is 0 Å². The zero-order valence-electron chi connectivity index (χ0n) is 11.3. The topological polar surface area (TPSA) is 68.6 Å². The predicted molar refractivity (Wildman–Crippen MR) is 67.9 cm³/mol. The maximum absolute atomic E-state index is 12.3. The zero-order valence-corrected chi connectivity index (χ0v) is 12.2. The Kier molecular flexibility index (Phi) is 5.81. The quantitative estimate of drug-likeness (QED) is 0.692. The summed E-state index contributed by atoms with van der Waals surface area (Å²) in [5, 5.41) is 9.32. The van der Waals surface area contributed by atoms with Crippen molar-refractivity contribution in [3.8, 4) is 6.07 Å². The van der Waals surface area contributed by atoms with E-state index in [2.05, 4.69) is 13.0 Å². The second kappa shape index (κ2) is 6.68. The minimum Gasteiger partial charge on any atom is -0.287 e. The molecule has 0 saturated heterocycles. The summed E-state index contributed by atoms with van der Waals surface area (Å²) in [6, 6.07) is 2.16. The van der Waals surface area contributed by atoms with Crippen LogP contribution in [0.1, 0.15) is 46.5 Å². The van der Waals surface area contributed by atoms with Crippen LogP contribution in [0.25, 0.3) is 0 Å². The summed E-state index contributed by atoms with van der Waals surface area (Å²) in [5.41, 5.74) is -1.02. The van der Waals surface area contributed by atoms with E-state index in [-0.39, 0.29) is 13.2 Å². The van der Waals surface area contributed by atoms with Gasteiger partial charge in [0.25, 0.3) is 0 Å². The molecule has 18 heavy (non-hydrogen) atoms. The van der Waals surface area contributed by atoms with E-state index in [1.165, 1.54) is 0 Å². The van der Waals surface area contributed by atoms with Gasteiger partial charge in [0.05, 0.1) is 19.3 Å². The number of nitrogens with zero attached hydrogens (tertiary/aromatic N) is 1. The number of phosphoric acid groups is 1. The molecule has 0 radical (unpaired) electrons. The molecule has 104 valence electrons. The van der Waals surface area contributed by atoms with Gasteiger partial charge in [-0.15, -0.1) is 0 Å². The molecule has 0 spiro atoms. The van der Waals surface area contributed by atoms with E-state index < -0.39 is 13.4 Å². The minimum atomic E-state index is -3.61. The van der Waals surface area contributed by atoms with Crippen LogP contribution in [0.3, 0.4) is 0 Å². The lowest BCUT2D eigenvalue weighted by Gasteiger charge is -2.35. The summed E-state index contributed by atoms with van der Waals surface area (Å²) >= 11 is 0. The van der Waals surface area contributed by atoms with Crippen molar-refractivity contribution >= 4 is 7.82 Å². The number of hydrogen-bond donors (Lipinski definition) is 0. The monoisotopic (exact) mass is 275 g/mol. The summed E-state index contributed by atoms with van der Waals surface area (Å²) in [4.78, 5) is 0. The van der Waals surface area contributed by atoms with Crippen LogP contribution < -0.4 is 0 Å². The third-order valence-corrected chi connectivity index (χ3v) is 4.87. The highest BCUT2D eigenvalue weighted by atomic mass is 31.2. The largest absolute Gasteiger partial charge is 0.476 e. The van der Waals surface area contributed by atoms with Crippen LogP contribution in [0, 0.1) is 17.2 Å². The second-order valence-corrected chi connectivity index (χ2v) is 6.26. The Morgan fingerprint density at radius 1 is 1.28 bits per heavy atom. The fourth-order valence-corrected chi connectivity index (χ4v) is 3.54. The molecule has 1 rings (SSSR count). The minimum absolute atomic E-state index is 0.231. The highest BCUT2D eigenvalue weighted by Crippen LogP contribution is 2.55. The third-order valence-electron chi connectivity index (χ3n) is 3.15. The summed E-state index contributed by atoms with van der Waals surface area (Å²) in [5.74, 6) is 0.577. The Morgan fingerprint density at radius 2 is 1.78 bits per heavy atom. The summed E-state index contributed by atoms with van der Waals surface area (Å²) in [6.45, 7) is 6.05. The highest BCUT2D eigenvalue weighted by molar-refractivity contribution is 7.48. The molecule has 1 aliphatic carbocycles. The van der Waals surface area contributed by atoms with Crippen LogP contribution in [0.5, 0.6) is 0 Å². The first kappa shape index (κ1) is 15.7. The first-order valence-electron chi connectivity index (χ1n) is 6.50. The normalized spacial score (nSPS) is 28.9. The van der Waals surface area contributed by atoms with Crippen molar-refractivity contribution in [1.82, 2.24) is 0 Å². The molecule has 5 nitrogen and oxygen atoms in total. The summed E-state index contributed by atoms with van der Waals surface area (Å²) in [7, 11) is -3.61. The van der Waals surface area contributed by atoms with Crippen molar-refractivity contribution in [3.05, 3.63) is 0 Å². The van der Waals surface area contributed by atoms with Gasteiger partial charge in [0, 0.05) is 0 Å². The van der Waals surface area contributed by atoms with Crippen LogP contribution in [0.2, 0.25) is 0 Å². The van der Waals surface area contributed by atoms with Gasteiger partial charge in [-0.2, -0.15) is 5.26 Å². The van der Waals surface area contributed by atoms with E-state index in [4.69, 9.17) is 13.6 Å². The van der Waals surface area contributed by atoms with Crippen LogP contribution in [-0.4, -0.2) is 18.8 Å². The van der Waals surface area contributed by atoms with E-state index in [0.717, 1.165) is 12.8 Å². The van der Waals surface area contributed by atoms with Crippen LogP contribution in [-0.2, 0) is 18.1 Å². The molecule has 0 N–H and O–H groups in total. The van der Waals surface area contributed by atoms with E-state index in [1.807, 2.05) is 0 Å². The average Bonchev–Trinajstić information content (AvgIpc) is 2.33. The van der Waals surface area contributed by atoms with Crippen molar-refractivity contribution in [3.63, 3.8) is 0 Å². The van der Waals surface area contributed by atoms with E-state index in [9.17, 15) is 9.83 Å². The molecule has 1 fully saturated rings. The van der Waals surface area contributed by atoms with Gasteiger partial charge in [0.15, 0.2) is 5.60 Å². The van der Waals surface area contributed by atoms with Crippen molar-refractivity contribution < 1.29 is 18.1 Å². The van der Waals surface area contributed by atoms with Crippen LogP contribution in [0.15, 0.2) is 0 Å². The molecule has 6 heteroatoms. The number of phosphoric ester groups is 1. The summed E-state index contributed by atoms with van der Waals surface area (Å²) in [6.07, 6.45) is 2.95. The highest BCUT2D eigenvalue weighted by Gasteiger charge is 2.43. The molecule has 1 aliphatic rings. The molecule has 1 saturated carbocycles. The van der Waals surface area contributed by atoms with E-state index in [1.54, 1.807) is 13.8 Å². The molecular formula is C12H22NO4P. The van der Waals surface area contributed by atoms with Gasteiger partial charge in [0.2, 0.25) is 0 Å².